The van der Waals surface area contributed by atoms with Crippen LogP contribution in [-0.4, -0.2) is 27.7 Å². The van der Waals surface area contributed by atoms with Gasteiger partial charge in [0.05, 0.1) is 19.1 Å². The summed E-state index contributed by atoms with van der Waals surface area (Å²) < 4.78 is 20.6. The van der Waals surface area contributed by atoms with E-state index in [1.54, 1.807) is 23.9 Å². The number of rotatable bonds is 3. The number of Topliss-reactive ketones (excluding diaryl/α,β-unsaturated/α-hetero) is 1. The van der Waals surface area contributed by atoms with Crippen molar-refractivity contribution in [3.8, 4) is 5.75 Å². The molecule has 1 aliphatic carbocycles. The van der Waals surface area contributed by atoms with Gasteiger partial charge in [0.25, 0.3) is 0 Å². The zero-order valence-corrected chi connectivity index (χ0v) is 15.7. The van der Waals surface area contributed by atoms with Crippen molar-refractivity contribution < 1.29 is 13.9 Å². The predicted molar refractivity (Wildman–Crippen MR) is 105 cm³/mol. The number of benzene rings is 2. The Hall–Kier alpha value is -3.48. The van der Waals surface area contributed by atoms with Crippen LogP contribution < -0.4 is 10.1 Å². The van der Waals surface area contributed by atoms with Gasteiger partial charge >= 0.3 is 0 Å². The van der Waals surface area contributed by atoms with E-state index in [1.165, 1.54) is 18.5 Å². The molecule has 3 unspecified atom stereocenters. The Labute approximate surface area is 167 Å². The summed E-state index contributed by atoms with van der Waals surface area (Å²) in [6.45, 7) is 0. The second kappa shape index (κ2) is 6.84. The molecule has 0 saturated carbocycles. The van der Waals surface area contributed by atoms with Gasteiger partial charge in [-0.3, -0.25) is 4.79 Å². The van der Waals surface area contributed by atoms with Gasteiger partial charge in [0.15, 0.2) is 0 Å². The maximum atomic E-state index is 13.3. The molecule has 2 aliphatic rings. The van der Waals surface area contributed by atoms with Crippen LogP contribution in [0.2, 0.25) is 0 Å². The number of hydrogen-bond acceptors (Lipinski definition) is 5. The van der Waals surface area contributed by atoms with Gasteiger partial charge < -0.3 is 10.1 Å². The lowest BCUT2D eigenvalue weighted by atomic mass is 9.75. The Kier molecular flexibility index (Phi) is 4.16. The van der Waals surface area contributed by atoms with Crippen LogP contribution in [0, 0.1) is 11.7 Å². The first-order valence-corrected chi connectivity index (χ1v) is 9.45. The molecule has 3 atom stereocenters. The lowest BCUT2D eigenvalue weighted by molar-refractivity contribution is -0.123. The minimum atomic E-state index is -0.419. The number of ether oxygens (including phenoxy) is 1. The topological polar surface area (TPSA) is 69.0 Å². The molecule has 0 amide bonds. The van der Waals surface area contributed by atoms with Crippen LogP contribution >= 0.6 is 0 Å². The van der Waals surface area contributed by atoms with Gasteiger partial charge in [-0.2, -0.15) is 10.1 Å². The van der Waals surface area contributed by atoms with E-state index in [2.05, 4.69) is 21.5 Å². The number of para-hydroxylation sites is 1. The summed E-state index contributed by atoms with van der Waals surface area (Å²) in [5.74, 6) is 0.555. The second-order valence-corrected chi connectivity index (χ2v) is 7.27. The van der Waals surface area contributed by atoms with Crippen LogP contribution in [0.5, 0.6) is 5.75 Å². The Balaban J connectivity index is 1.62. The summed E-state index contributed by atoms with van der Waals surface area (Å²) in [5.41, 5.74) is 2.59. The molecule has 0 radical (unpaired) electrons. The maximum absolute atomic E-state index is 13.3. The number of allylic oxidation sites excluding steroid dienone is 2. The number of hydrogen-bond donors (Lipinski definition) is 1. The fourth-order valence-electron chi connectivity index (χ4n) is 4.32. The number of methoxy groups -OCH3 is 1. The minimum Gasteiger partial charge on any atom is -0.496 e. The molecule has 0 fully saturated rings. The van der Waals surface area contributed by atoms with E-state index in [1.807, 2.05) is 24.3 Å². The van der Waals surface area contributed by atoms with Gasteiger partial charge in [-0.05, 0) is 23.8 Å². The quantitative estimate of drug-likeness (QED) is 0.739. The summed E-state index contributed by atoms with van der Waals surface area (Å²) in [6.07, 6.45) is 3.88. The Morgan fingerprint density at radius 1 is 1.17 bits per heavy atom. The Morgan fingerprint density at radius 2 is 1.97 bits per heavy atom. The molecule has 1 aliphatic heterocycles. The third-order valence-corrected chi connectivity index (χ3v) is 5.65. The van der Waals surface area contributed by atoms with E-state index in [0.29, 0.717) is 18.1 Å². The highest BCUT2D eigenvalue weighted by Gasteiger charge is 2.44. The summed E-state index contributed by atoms with van der Waals surface area (Å²) in [4.78, 5) is 17.6. The molecule has 146 valence electrons. The van der Waals surface area contributed by atoms with Crippen molar-refractivity contribution in [2.24, 2.45) is 5.92 Å². The average Bonchev–Trinajstić information content (AvgIpc) is 3.21. The van der Waals surface area contributed by atoms with Crippen molar-refractivity contribution in [3.63, 3.8) is 0 Å². The number of fused-ring (bicyclic) bond motifs is 2. The SMILES string of the molecule is COc1ccccc1C1C2C(=O)CC(c3ccc(F)cc3)C=C2Nc2ncnn21. The minimum absolute atomic E-state index is 0.0985. The van der Waals surface area contributed by atoms with E-state index in [0.717, 1.165) is 16.8 Å². The molecule has 1 aromatic heterocycles. The van der Waals surface area contributed by atoms with Gasteiger partial charge in [-0.1, -0.05) is 36.4 Å². The molecule has 7 heteroatoms. The number of halogens is 1. The van der Waals surface area contributed by atoms with Crippen LogP contribution in [0.1, 0.15) is 29.5 Å². The zero-order valence-electron chi connectivity index (χ0n) is 15.7. The Bertz CT molecular complexity index is 1110. The number of nitrogens with zero attached hydrogens (tertiary/aromatic N) is 3. The molecule has 2 heterocycles. The first kappa shape index (κ1) is 17.6. The van der Waals surface area contributed by atoms with Crippen molar-refractivity contribution in [3.05, 3.63) is 83.6 Å². The molecule has 2 aromatic carbocycles. The highest BCUT2D eigenvalue weighted by Crippen LogP contribution is 2.45. The lowest BCUT2D eigenvalue weighted by Crippen LogP contribution is -2.40. The van der Waals surface area contributed by atoms with Crippen molar-refractivity contribution in [2.75, 3.05) is 12.4 Å². The van der Waals surface area contributed by atoms with Crippen LogP contribution in [0.25, 0.3) is 0 Å². The molecular weight excluding hydrogens is 371 g/mol. The van der Waals surface area contributed by atoms with Gasteiger partial charge in [0.1, 0.15) is 23.7 Å². The Morgan fingerprint density at radius 3 is 2.76 bits per heavy atom. The van der Waals surface area contributed by atoms with Gasteiger partial charge in [-0.15, -0.1) is 0 Å². The first-order chi connectivity index (χ1) is 14.2. The fourth-order valence-corrected chi connectivity index (χ4v) is 4.32. The summed E-state index contributed by atoms with van der Waals surface area (Å²) >= 11 is 0. The van der Waals surface area contributed by atoms with Crippen molar-refractivity contribution in [1.82, 2.24) is 14.8 Å². The smallest absolute Gasteiger partial charge is 0.226 e. The molecule has 3 aromatic rings. The van der Waals surface area contributed by atoms with Crippen molar-refractivity contribution in [1.29, 1.82) is 0 Å². The zero-order chi connectivity index (χ0) is 20.0. The normalized spacial score (nSPS) is 22.9. The molecule has 0 bridgehead atoms. The number of carbonyl (C=O) groups is 1. The number of aromatic nitrogens is 3. The van der Waals surface area contributed by atoms with Gasteiger partial charge in [0, 0.05) is 23.6 Å². The largest absolute Gasteiger partial charge is 0.496 e. The third kappa shape index (κ3) is 2.90. The van der Waals surface area contributed by atoms with E-state index in [4.69, 9.17) is 4.74 Å². The summed E-state index contributed by atoms with van der Waals surface area (Å²) in [6, 6.07) is 13.6. The van der Waals surface area contributed by atoms with E-state index >= 15 is 0 Å². The van der Waals surface area contributed by atoms with Gasteiger partial charge in [0.2, 0.25) is 5.95 Å². The highest BCUT2D eigenvalue weighted by atomic mass is 19.1. The average molecular weight is 390 g/mol. The summed E-state index contributed by atoms with van der Waals surface area (Å²) in [7, 11) is 1.62. The van der Waals surface area contributed by atoms with Crippen LogP contribution in [0.3, 0.4) is 0 Å². The van der Waals surface area contributed by atoms with Gasteiger partial charge in [-0.25, -0.2) is 9.07 Å². The molecule has 0 saturated heterocycles. The predicted octanol–water partition coefficient (Wildman–Crippen LogP) is 3.70. The van der Waals surface area contributed by atoms with E-state index in [-0.39, 0.29) is 23.6 Å². The molecule has 29 heavy (non-hydrogen) atoms. The van der Waals surface area contributed by atoms with E-state index < -0.39 is 5.92 Å². The van der Waals surface area contributed by atoms with Crippen molar-refractivity contribution in [2.45, 2.75) is 18.4 Å². The van der Waals surface area contributed by atoms with Crippen LogP contribution in [0.4, 0.5) is 10.3 Å². The molecular formula is C22H19FN4O2. The number of anilines is 1. The lowest BCUT2D eigenvalue weighted by Gasteiger charge is -2.38. The number of ketones is 1. The van der Waals surface area contributed by atoms with Crippen LogP contribution in [0.15, 0.2) is 66.6 Å². The van der Waals surface area contributed by atoms with E-state index in [9.17, 15) is 9.18 Å². The van der Waals surface area contributed by atoms with Crippen molar-refractivity contribution >= 4 is 11.7 Å². The number of nitrogens with one attached hydrogen (secondary N) is 1. The monoisotopic (exact) mass is 390 g/mol. The highest BCUT2D eigenvalue weighted by molar-refractivity contribution is 5.89. The summed E-state index contributed by atoms with van der Waals surface area (Å²) in [5, 5.41) is 7.64. The first-order valence-electron chi connectivity index (χ1n) is 9.45. The third-order valence-electron chi connectivity index (χ3n) is 5.65. The standard InChI is InChI=1S/C22H19FN4O2/c1-29-19-5-3-2-4-16(19)21-20-17(26-22-24-12-25-27(21)22)10-14(11-18(20)28)13-6-8-15(23)9-7-13/h2-10,12,14,20-21H,11H2,1H3,(H,24,25,26). The molecule has 6 nitrogen and oxygen atoms in total. The number of carbonyl (C=O) groups excluding carboxylic acids is 1. The molecule has 0 spiro atoms. The van der Waals surface area contributed by atoms with Crippen LogP contribution in [-0.2, 0) is 4.79 Å². The fraction of sp³-hybridized carbons (Fsp3) is 0.227. The molecule has 1 N–H and O–H groups in total. The maximum Gasteiger partial charge on any atom is 0.226 e. The molecule has 5 rings (SSSR count). The second-order valence-electron chi connectivity index (χ2n) is 7.27.